The number of hydrogen-bond acceptors (Lipinski definition) is 4. The van der Waals surface area contributed by atoms with E-state index in [0.29, 0.717) is 18.9 Å². The minimum atomic E-state index is -1.19. The van der Waals surface area contributed by atoms with Crippen molar-refractivity contribution < 1.29 is 14.6 Å². The van der Waals surface area contributed by atoms with Gasteiger partial charge in [-0.2, -0.15) is 0 Å². The van der Waals surface area contributed by atoms with Crippen LogP contribution in [0.5, 0.6) is 5.75 Å². The molecule has 24 heavy (non-hydrogen) atoms. The lowest BCUT2D eigenvalue weighted by molar-refractivity contribution is -0.255. The van der Waals surface area contributed by atoms with E-state index < -0.39 is 5.97 Å². The first-order chi connectivity index (χ1) is 11.5. The molecule has 0 radical (unpaired) electrons. The van der Waals surface area contributed by atoms with Gasteiger partial charge in [-0.15, -0.1) is 0 Å². The van der Waals surface area contributed by atoms with Gasteiger partial charge in [0.05, 0.1) is 23.5 Å². The number of carbonyl (C=O) groups is 1. The van der Waals surface area contributed by atoms with Gasteiger partial charge in [-0.3, -0.25) is 0 Å². The Kier molecular flexibility index (Phi) is 4.25. The van der Waals surface area contributed by atoms with Crippen LogP contribution in [-0.4, -0.2) is 22.1 Å². The third kappa shape index (κ3) is 3.11. The van der Waals surface area contributed by atoms with Crippen LogP contribution in [0.25, 0.3) is 11.0 Å². The highest BCUT2D eigenvalue weighted by molar-refractivity contribution is 5.85. The Hall–Kier alpha value is -2.82. The van der Waals surface area contributed by atoms with Crippen molar-refractivity contribution in [1.29, 1.82) is 0 Å². The summed E-state index contributed by atoms with van der Waals surface area (Å²) in [6.07, 6.45) is 0. The fourth-order valence-corrected chi connectivity index (χ4v) is 2.72. The first-order valence-electron chi connectivity index (χ1n) is 7.84. The molecule has 1 heterocycles. The van der Waals surface area contributed by atoms with E-state index in [9.17, 15) is 9.90 Å². The fourth-order valence-electron chi connectivity index (χ4n) is 2.72. The highest BCUT2D eigenvalue weighted by atomic mass is 16.5. The second-order valence-corrected chi connectivity index (χ2v) is 5.90. The Morgan fingerprint density at radius 3 is 2.46 bits per heavy atom. The van der Waals surface area contributed by atoms with E-state index >= 15 is 0 Å². The maximum absolute atomic E-state index is 10.7. The lowest BCUT2D eigenvalue weighted by Crippen LogP contribution is -2.21. The van der Waals surface area contributed by atoms with Gasteiger partial charge in [0.15, 0.2) is 0 Å². The lowest BCUT2D eigenvalue weighted by Gasteiger charge is -2.10. The number of aromatic nitrogens is 2. The van der Waals surface area contributed by atoms with Gasteiger partial charge in [0.25, 0.3) is 0 Å². The molecule has 5 nitrogen and oxygen atoms in total. The predicted molar refractivity (Wildman–Crippen MR) is 90.2 cm³/mol. The van der Waals surface area contributed by atoms with Crippen molar-refractivity contribution in [2.75, 3.05) is 6.61 Å². The van der Waals surface area contributed by atoms with Crippen LogP contribution in [0.1, 0.15) is 27.3 Å². The van der Waals surface area contributed by atoms with Crippen LogP contribution in [0.4, 0.5) is 0 Å². The number of aryl methyl sites for hydroxylation is 3. The average Bonchev–Trinajstić information content (AvgIpc) is 2.84. The van der Waals surface area contributed by atoms with Gasteiger partial charge < -0.3 is 19.2 Å². The maximum atomic E-state index is 10.7. The average molecular weight is 323 g/mol. The van der Waals surface area contributed by atoms with Crippen molar-refractivity contribution in [1.82, 2.24) is 9.55 Å². The zero-order valence-electron chi connectivity index (χ0n) is 14.0. The summed E-state index contributed by atoms with van der Waals surface area (Å²) in [6.45, 7) is 7.32. The number of carbonyl (C=O) groups excluding carboxylic acids is 1. The normalized spacial score (nSPS) is 11.0. The summed E-state index contributed by atoms with van der Waals surface area (Å²) in [6, 6.07) is 10.5. The van der Waals surface area contributed by atoms with Crippen LogP contribution in [0.2, 0.25) is 0 Å². The lowest BCUT2D eigenvalue weighted by atomic mass is 10.1. The highest BCUT2D eigenvalue weighted by Gasteiger charge is 2.09. The van der Waals surface area contributed by atoms with Crippen molar-refractivity contribution in [2.24, 2.45) is 0 Å². The minimum absolute atomic E-state index is 0.143. The molecule has 0 saturated carbocycles. The number of carboxylic acid groups (broad SMARTS) is 1. The van der Waals surface area contributed by atoms with Crippen molar-refractivity contribution in [2.45, 2.75) is 27.3 Å². The molecule has 0 saturated heterocycles. The third-order valence-corrected chi connectivity index (χ3v) is 4.23. The van der Waals surface area contributed by atoms with Crippen LogP contribution >= 0.6 is 0 Å². The summed E-state index contributed by atoms with van der Waals surface area (Å²) in [5.41, 5.74) is 4.71. The Balaban J connectivity index is 1.72. The number of carboxylic acids is 1. The SMILES string of the molecule is Cc1cc2nc(C)n(CCOc3ccc(C(=O)[O-])cc3)c2cc1C. The van der Waals surface area contributed by atoms with E-state index in [1.54, 1.807) is 12.1 Å². The second-order valence-electron chi connectivity index (χ2n) is 5.90. The number of hydrogen-bond donors (Lipinski definition) is 0. The Morgan fingerprint density at radius 2 is 1.79 bits per heavy atom. The number of benzene rings is 2. The molecule has 0 unspecified atom stereocenters. The van der Waals surface area contributed by atoms with Crippen LogP contribution in [0.15, 0.2) is 36.4 Å². The first-order valence-corrected chi connectivity index (χ1v) is 7.84. The van der Waals surface area contributed by atoms with Crippen molar-refractivity contribution in [3.8, 4) is 5.75 Å². The monoisotopic (exact) mass is 323 g/mol. The van der Waals surface area contributed by atoms with Gasteiger partial charge >= 0.3 is 0 Å². The van der Waals surface area contributed by atoms with Gasteiger partial charge in [0.2, 0.25) is 0 Å². The van der Waals surface area contributed by atoms with E-state index in [1.165, 1.54) is 23.3 Å². The molecule has 3 aromatic rings. The molecule has 0 N–H and O–H groups in total. The Bertz CT molecular complexity index is 895. The molecule has 0 aliphatic rings. The smallest absolute Gasteiger partial charge is 0.119 e. The highest BCUT2D eigenvalue weighted by Crippen LogP contribution is 2.21. The van der Waals surface area contributed by atoms with Crippen molar-refractivity contribution >= 4 is 17.0 Å². The Morgan fingerprint density at radius 1 is 1.12 bits per heavy atom. The third-order valence-electron chi connectivity index (χ3n) is 4.23. The van der Waals surface area contributed by atoms with E-state index in [4.69, 9.17) is 4.74 Å². The van der Waals surface area contributed by atoms with Crippen LogP contribution in [0, 0.1) is 20.8 Å². The molecule has 1 aromatic heterocycles. The number of imidazole rings is 1. The molecule has 0 spiro atoms. The zero-order valence-corrected chi connectivity index (χ0v) is 14.0. The van der Waals surface area contributed by atoms with Gasteiger partial charge in [0.1, 0.15) is 18.2 Å². The molecule has 0 aliphatic heterocycles. The van der Waals surface area contributed by atoms with E-state index in [0.717, 1.165) is 16.9 Å². The maximum Gasteiger partial charge on any atom is 0.119 e. The molecule has 5 heteroatoms. The predicted octanol–water partition coefficient (Wildman–Crippen LogP) is 2.40. The molecule has 3 rings (SSSR count). The van der Waals surface area contributed by atoms with Crippen molar-refractivity contribution in [3.63, 3.8) is 0 Å². The van der Waals surface area contributed by atoms with Crippen LogP contribution in [0.3, 0.4) is 0 Å². The van der Waals surface area contributed by atoms with E-state index in [2.05, 4.69) is 35.5 Å². The van der Waals surface area contributed by atoms with E-state index in [1.807, 2.05) is 6.92 Å². The molecule has 0 atom stereocenters. The number of rotatable bonds is 5. The van der Waals surface area contributed by atoms with Crippen LogP contribution in [-0.2, 0) is 6.54 Å². The Labute approximate surface area is 140 Å². The molecule has 0 fully saturated rings. The van der Waals surface area contributed by atoms with Gasteiger partial charge in [0, 0.05) is 0 Å². The molecule has 0 amide bonds. The van der Waals surface area contributed by atoms with Gasteiger partial charge in [-0.25, -0.2) is 4.98 Å². The molecule has 2 aromatic carbocycles. The topological polar surface area (TPSA) is 67.2 Å². The number of aromatic carboxylic acids is 1. The number of ether oxygens (including phenoxy) is 1. The quantitative estimate of drug-likeness (QED) is 0.723. The zero-order chi connectivity index (χ0) is 17.3. The summed E-state index contributed by atoms with van der Waals surface area (Å²) in [7, 11) is 0. The molecule has 0 aliphatic carbocycles. The largest absolute Gasteiger partial charge is 0.545 e. The standard InChI is InChI=1S/C19H20N2O3/c1-12-10-17-18(11-13(12)2)21(14(3)20-17)8-9-24-16-6-4-15(5-7-16)19(22)23/h4-7,10-11H,8-9H2,1-3H3,(H,22,23)/p-1. The summed E-state index contributed by atoms with van der Waals surface area (Å²) in [4.78, 5) is 15.3. The van der Waals surface area contributed by atoms with E-state index in [-0.39, 0.29) is 5.56 Å². The van der Waals surface area contributed by atoms with Gasteiger partial charge in [-0.1, -0.05) is 0 Å². The van der Waals surface area contributed by atoms with Crippen LogP contribution < -0.4 is 9.84 Å². The van der Waals surface area contributed by atoms with Crippen molar-refractivity contribution in [3.05, 3.63) is 58.9 Å². The molecule has 124 valence electrons. The fraction of sp³-hybridized carbons (Fsp3) is 0.263. The first kappa shape index (κ1) is 16.1. The summed E-state index contributed by atoms with van der Waals surface area (Å²) >= 11 is 0. The minimum Gasteiger partial charge on any atom is -0.545 e. The number of fused-ring (bicyclic) bond motifs is 1. The summed E-state index contributed by atoms with van der Waals surface area (Å²) in [5.74, 6) is 0.396. The number of nitrogens with zero attached hydrogens (tertiary/aromatic N) is 2. The summed E-state index contributed by atoms with van der Waals surface area (Å²) in [5, 5.41) is 10.7. The molecular formula is C19H19N2O3-. The molecule has 0 bridgehead atoms. The molecular weight excluding hydrogens is 304 g/mol. The van der Waals surface area contributed by atoms with Gasteiger partial charge in [-0.05, 0) is 73.9 Å². The second kappa shape index (κ2) is 6.35. The summed E-state index contributed by atoms with van der Waals surface area (Å²) < 4.78 is 7.85.